The maximum atomic E-state index is 11.0. The lowest BCUT2D eigenvalue weighted by Gasteiger charge is -2.24. The number of carboxylic acids is 1. The van der Waals surface area contributed by atoms with Gasteiger partial charge in [0.05, 0.1) is 6.10 Å². The first-order valence-electron chi connectivity index (χ1n) is 5.60. The third kappa shape index (κ3) is 6.47. The molecule has 2 N–H and O–H groups in total. The highest BCUT2D eigenvalue weighted by atomic mass is 16.4. The molecule has 0 rings (SSSR count). The number of nitrogens with zero attached hydrogens (tertiary/aromatic N) is 1. The van der Waals surface area contributed by atoms with E-state index in [2.05, 4.69) is 6.92 Å². The van der Waals surface area contributed by atoms with Gasteiger partial charge in [0.25, 0.3) is 0 Å². The van der Waals surface area contributed by atoms with Crippen LogP contribution in [0.2, 0.25) is 0 Å². The van der Waals surface area contributed by atoms with Crippen molar-refractivity contribution in [2.75, 3.05) is 13.6 Å². The van der Waals surface area contributed by atoms with Crippen molar-refractivity contribution in [3.8, 4) is 0 Å². The topological polar surface area (TPSA) is 60.8 Å². The molecule has 15 heavy (non-hydrogen) atoms. The predicted molar refractivity (Wildman–Crippen MR) is 59.9 cm³/mol. The van der Waals surface area contributed by atoms with Gasteiger partial charge in [0.15, 0.2) is 0 Å². The van der Waals surface area contributed by atoms with Crippen molar-refractivity contribution >= 4 is 5.97 Å². The van der Waals surface area contributed by atoms with E-state index in [1.807, 2.05) is 4.90 Å². The number of rotatable bonds is 8. The molecule has 0 saturated heterocycles. The molecule has 0 heterocycles. The summed E-state index contributed by atoms with van der Waals surface area (Å²) in [4.78, 5) is 12.8. The molecule has 0 amide bonds. The minimum atomic E-state index is -0.767. The third-order valence-electron chi connectivity index (χ3n) is 2.55. The van der Waals surface area contributed by atoms with Crippen LogP contribution in [0.4, 0.5) is 0 Å². The maximum absolute atomic E-state index is 11.0. The first-order chi connectivity index (χ1) is 6.99. The Morgan fingerprint density at radius 1 is 1.40 bits per heavy atom. The van der Waals surface area contributed by atoms with Gasteiger partial charge < -0.3 is 10.2 Å². The number of hydrogen-bond acceptors (Lipinski definition) is 3. The zero-order chi connectivity index (χ0) is 11.8. The van der Waals surface area contributed by atoms with Gasteiger partial charge in [0.2, 0.25) is 0 Å². The molecule has 2 atom stereocenters. The van der Waals surface area contributed by atoms with Crippen LogP contribution in [0.1, 0.15) is 39.5 Å². The molecule has 2 unspecified atom stereocenters. The second-order valence-corrected chi connectivity index (χ2v) is 4.11. The lowest BCUT2D eigenvalue weighted by molar-refractivity contribution is -0.143. The molecule has 0 fully saturated rings. The molecule has 4 nitrogen and oxygen atoms in total. The quantitative estimate of drug-likeness (QED) is 0.644. The fraction of sp³-hybridized carbons (Fsp3) is 0.909. The fourth-order valence-corrected chi connectivity index (χ4v) is 1.48. The summed E-state index contributed by atoms with van der Waals surface area (Å²) in [6.45, 7) is 4.39. The third-order valence-corrected chi connectivity index (χ3v) is 2.55. The zero-order valence-electron chi connectivity index (χ0n) is 9.94. The largest absolute Gasteiger partial charge is 0.480 e. The summed E-state index contributed by atoms with van der Waals surface area (Å²) in [5.41, 5.74) is 0. The van der Waals surface area contributed by atoms with Crippen molar-refractivity contribution in [2.45, 2.75) is 51.7 Å². The number of unbranched alkanes of at least 4 members (excludes halogenated alkanes) is 1. The standard InChI is InChI=1S/C11H23NO3/c1-4-5-6-10(11(14)15)12(3)8-7-9(2)13/h9-10,13H,4-8H2,1-3H3,(H,14,15). The molecular weight excluding hydrogens is 194 g/mol. The number of aliphatic hydroxyl groups excluding tert-OH is 1. The van der Waals surface area contributed by atoms with Crippen LogP contribution in [0.15, 0.2) is 0 Å². The SMILES string of the molecule is CCCCC(C(=O)O)N(C)CCC(C)O. The number of carboxylic acid groups (broad SMARTS) is 1. The highest BCUT2D eigenvalue weighted by molar-refractivity contribution is 5.73. The lowest BCUT2D eigenvalue weighted by atomic mass is 10.1. The highest BCUT2D eigenvalue weighted by Gasteiger charge is 2.21. The predicted octanol–water partition coefficient (Wildman–Crippen LogP) is 1.33. The van der Waals surface area contributed by atoms with Gasteiger partial charge in [-0.05, 0) is 26.8 Å². The Balaban J connectivity index is 4.04. The minimum absolute atomic E-state index is 0.368. The number of hydrogen-bond donors (Lipinski definition) is 2. The number of aliphatic hydroxyl groups is 1. The van der Waals surface area contributed by atoms with E-state index >= 15 is 0 Å². The van der Waals surface area contributed by atoms with Crippen LogP contribution in [0.3, 0.4) is 0 Å². The van der Waals surface area contributed by atoms with E-state index in [9.17, 15) is 4.79 Å². The first-order valence-corrected chi connectivity index (χ1v) is 5.60. The summed E-state index contributed by atoms with van der Waals surface area (Å²) in [7, 11) is 1.80. The zero-order valence-corrected chi connectivity index (χ0v) is 9.94. The van der Waals surface area contributed by atoms with Crippen molar-refractivity contribution in [3.63, 3.8) is 0 Å². The van der Waals surface area contributed by atoms with Crippen LogP contribution in [0.25, 0.3) is 0 Å². The monoisotopic (exact) mass is 217 g/mol. The van der Waals surface area contributed by atoms with E-state index in [0.717, 1.165) is 12.8 Å². The summed E-state index contributed by atoms with van der Waals surface area (Å²) in [6.07, 6.45) is 2.87. The van der Waals surface area contributed by atoms with Crippen LogP contribution in [0.5, 0.6) is 0 Å². The van der Waals surface area contributed by atoms with Crippen LogP contribution < -0.4 is 0 Å². The van der Waals surface area contributed by atoms with Gasteiger partial charge in [-0.2, -0.15) is 0 Å². The molecule has 0 saturated carbocycles. The van der Waals surface area contributed by atoms with Gasteiger partial charge in [-0.25, -0.2) is 0 Å². The van der Waals surface area contributed by atoms with E-state index < -0.39 is 12.0 Å². The Morgan fingerprint density at radius 3 is 2.40 bits per heavy atom. The van der Waals surface area contributed by atoms with Gasteiger partial charge in [-0.3, -0.25) is 9.69 Å². The van der Waals surface area contributed by atoms with Gasteiger partial charge in [-0.1, -0.05) is 19.8 Å². The summed E-state index contributed by atoms with van der Waals surface area (Å²) < 4.78 is 0. The second kappa shape index (κ2) is 7.65. The molecule has 0 aromatic carbocycles. The molecule has 4 heteroatoms. The maximum Gasteiger partial charge on any atom is 0.320 e. The number of aliphatic carboxylic acids is 1. The molecule has 0 aromatic rings. The van der Waals surface area contributed by atoms with Crippen molar-refractivity contribution in [1.82, 2.24) is 4.90 Å². The molecule has 0 bridgehead atoms. The van der Waals surface area contributed by atoms with E-state index in [0.29, 0.717) is 19.4 Å². The average molecular weight is 217 g/mol. The Hall–Kier alpha value is -0.610. The second-order valence-electron chi connectivity index (χ2n) is 4.11. The van der Waals surface area contributed by atoms with Gasteiger partial charge >= 0.3 is 5.97 Å². The van der Waals surface area contributed by atoms with Crippen LogP contribution in [0, 0.1) is 0 Å². The Morgan fingerprint density at radius 2 is 2.00 bits per heavy atom. The number of carbonyl (C=O) groups is 1. The Labute approximate surface area is 91.9 Å². The van der Waals surface area contributed by atoms with Crippen LogP contribution in [-0.4, -0.2) is 46.8 Å². The van der Waals surface area contributed by atoms with E-state index in [1.165, 1.54) is 0 Å². The molecule has 0 aromatic heterocycles. The summed E-state index contributed by atoms with van der Waals surface area (Å²) in [5, 5.41) is 18.2. The van der Waals surface area contributed by atoms with Crippen molar-refractivity contribution in [3.05, 3.63) is 0 Å². The number of likely N-dealkylation sites (N-methyl/N-ethyl adjacent to an activating group) is 1. The molecule has 90 valence electrons. The normalized spacial score (nSPS) is 15.3. The van der Waals surface area contributed by atoms with E-state index in [1.54, 1.807) is 14.0 Å². The average Bonchev–Trinajstić information content (AvgIpc) is 2.14. The van der Waals surface area contributed by atoms with Crippen molar-refractivity contribution < 1.29 is 15.0 Å². The van der Waals surface area contributed by atoms with Gasteiger partial charge in [0.1, 0.15) is 6.04 Å². The fourth-order valence-electron chi connectivity index (χ4n) is 1.48. The Kier molecular flexibility index (Phi) is 7.34. The molecular formula is C11H23NO3. The highest BCUT2D eigenvalue weighted by Crippen LogP contribution is 2.08. The molecule has 0 aliphatic carbocycles. The van der Waals surface area contributed by atoms with Gasteiger partial charge in [-0.15, -0.1) is 0 Å². The van der Waals surface area contributed by atoms with Crippen LogP contribution >= 0.6 is 0 Å². The van der Waals surface area contributed by atoms with Crippen molar-refractivity contribution in [2.24, 2.45) is 0 Å². The van der Waals surface area contributed by atoms with Crippen molar-refractivity contribution in [1.29, 1.82) is 0 Å². The molecule has 0 radical (unpaired) electrons. The van der Waals surface area contributed by atoms with Crippen LogP contribution in [-0.2, 0) is 4.79 Å². The molecule has 0 spiro atoms. The Bertz CT molecular complexity index is 183. The molecule has 0 aliphatic rings. The molecule has 0 aliphatic heterocycles. The summed E-state index contributed by atoms with van der Waals surface area (Å²) in [6, 6.07) is -0.413. The van der Waals surface area contributed by atoms with Gasteiger partial charge in [0, 0.05) is 6.54 Å². The lowest BCUT2D eigenvalue weighted by Crippen LogP contribution is -2.39. The smallest absolute Gasteiger partial charge is 0.320 e. The van der Waals surface area contributed by atoms with E-state index in [4.69, 9.17) is 10.2 Å². The summed E-state index contributed by atoms with van der Waals surface area (Å²) >= 11 is 0. The first kappa shape index (κ1) is 14.4. The minimum Gasteiger partial charge on any atom is -0.480 e. The summed E-state index contributed by atoms with van der Waals surface area (Å²) in [5.74, 6) is -0.767. The van der Waals surface area contributed by atoms with E-state index in [-0.39, 0.29) is 6.10 Å².